The van der Waals surface area contributed by atoms with Crippen molar-refractivity contribution in [2.75, 3.05) is 0 Å². The molecule has 0 fully saturated rings. The largest absolute Gasteiger partial charge is 0.508 e. The zero-order valence-corrected chi connectivity index (χ0v) is 20.2. The van der Waals surface area contributed by atoms with E-state index >= 15 is 0 Å². The molecule has 2 N–H and O–H groups in total. The van der Waals surface area contributed by atoms with E-state index in [2.05, 4.69) is 9.97 Å². The van der Waals surface area contributed by atoms with Crippen LogP contribution in [0.4, 0.5) is 0 Å². The maximum Gasteiger partial charge on any atom is 0.115 e. The van der Waals surface area contributed by atoms with E-state index in [1.54, 1.807) is 36.7 Å². The average molecular weight is 495 g/mol. The lowest BCUT2D eigenvalue weighted by molar-refractivity contribution is 0.475. The fraction of sp³-hybridized carbons (Fsp3) is 0. The van der Waals surface area contributed by atoms with Crippen molar-refractivity contribution in [3.05, 3.63) is 122 Å². The van der Waals surface area contributed by atoms with E-state index in [4.69, 9.17) is 9.97 Å². The Bertz CT molecular complexity index is 1570. The van der Waals surface area contributed by atoms with Gasteiger partial charge in [0.05, 0.1) is 34.2 Å². The number of hydrogen-bond donors (Lipinski definition) is 2. The van der Waals surface area contributed by atoms with Gasteiger partial charge in [-0.15, -0.1) is 0 Å². The first-order valence-electron chi connectivity index (χ1n) is 12.1. The number of pyridine rings is 4. The van der Waals surface area contributed by atoms with E-state index in [0.29, 0.717) is 22.8 Å². The maximum atomic E-state index is 9.81. The summed E-state index contributed by atoms with van der Waals surface area (Å²) in [5.41, 5.74) is 7.97. The van der Waals surface area contributed by atoms with Gasteiger partial charge in [-0.3, -0.25) is 9.97 Å². The van der Waals surface area contributed by atoms with Crippen LogP contribution in [0.15, 0.2) is 122 Å². The average Bonchev–Trinajstić information content (AvgIpc) is 2.98. The molecule has 4 heterocycles. The molecule has 4 aromatic heterocycles. The monoisotopic (exact) mass is 494 g/mol. The Balaban J connectivity index is 1.57. The zero-order valence-electron chi connectivity index (χ0n) is 20.2. The Morgan fingerprint density at radius 2 is 0.737 bits per heavy atom. The molecule has 6 heteroatoms. The van der Waals surface area contributed by atoms with Crippen LogP contribution >= 0.6 is 0 Å². The van der Waals surface area contributed by atoms with E-state index in [1.807, 2.05) is 84.9 Å². The standard InChI is InChI=1S/C32H22N4O2/c37-25-11-7-21(8-12-25)23-17-29(27-5-1-3-15-33-27)35-31(19-23)32-20-24(22-9-13-26(38)14-10-22)18-30(36-32)28-6-2-4-16-34-28/h1-20,37-38H. The predicted molar refractivity (Wildman–Crippen MR) is 148 cm³/mol. The second kappa shape index (κ2) is 9.95. The minimum absolute atomic E-state index is 0.205. The van der Waals surface area contributed by atoms with Crippen LogP contribution in [0.5, 0.6) is 11.5 Å². The SMILES string of the molecule is Oc1ccc(-c2cc(-c3ccccn3)nc(-c3cc(-c4ccc(O)cc4)cc(-c4ccccn4)n3)c2)cc1. The normalized spacial score (nSPS) is 10.8. The van der Waals surface area contributed by atoms with Gasteiger partial charge in [-0.2, -0.15) is 0 Å². The summed E-state index contributed by atoms with van der Waals surface area (Å²) in [6.45, 7) is 0. The van der Waals surface area contributed by atoms with Crippen molar-refractivity contribution in [1.82, 2.24) is 19.9 Å². The Hall–Kier alpha value is -5.36. The van der Waals surface area contributed by atoms with Gasteiger partial charge in [0.15, 0.2) is 0 Å². The van der Waals surface area contributed by atoms with Crippen molar-refractivity contribution in [2.45, 2.75) is 0 Å². The molecule has 0 atom stereocenters. The highest BCUT2D eigenvalue weighted by molar-refractivity contribution is 5.79. The first kappa shape index (κ1) is 23.1. The first-order chi connectivity index (χ1) is 18.6. The number of phenols is 2. The second-order valence-corrected chi connectivity index (χ2v) is 8.78. The van der Waals surface area contributed by atoms with Gasteiger partial charge in [-0.25, -0.2) is 9.97 Å². The van der Waals surface area contributed by atoms with Crippen molar-refractivity contribution < 1.29 is 10.2 Å². The summed E-state index contributed by atoms with van der Waals surface area (Å²) in [6, 6.07) is 33.6. The van der Waals surface area contributed by atoms with Crippen LogP contribution in [0.3, 0.4) is 0 Å². The van der Waals surface area contributed by atoms with Gasteiger partial charge in [0.2, 0.25) is 0 Å². The van der Waals surface area contributed by atoms with Crippen LogP contribution in [0.2, 0.25) is 0 Å². The maximum absolute atomic E-state index is 9.81. The number of phenolic OH excluding ortho intramolecular Hbond substituents is 2. The lowest BCUT2D eigenvalue weighted by Gasteiger charge is -2.12. The molecular formula is C32H22N4O2. The second-order valence-electron chi connectivity index (χ2n) is 8.78. The number of benzene rings is 2. The summed E-state index contributed by atoms with van der Waals surface area (Å²) in [4.78, 5) is 19.0. The molecule has 0 aliphatic carbocycles. The molecule has 0 saturated heterocycles. The number of rotatable bonds is 5. The zero-order chi connectivity index (χ0) is 25.9. The minimum Gasteiger partial charge on any atom is -0.508 e. The highest BCUT2D eigenvalue weighted by Crippen LogP contribution is 2.33. The van der Waals surface area contributed by atoms with Crippen LogP contribution in [0.1, 0.15) is 0 Å². The van der Waals surface area contributed by atoms with Crippen LogP contribution in [0, 0.1) is 0 Å². The van der Waals surface area contributed by atoms with E-state index in [0.717, 1.165) is 33.6 Å². The molecule has 2 aromatic carbocycles. The fourth-order valence-electron chi connectivity index (χ4n) is 4.26. The Morgan fingerprint density at radius 3 is 1.08 bits per heavy atom. The van der Waals surface area contributed by atoms with Gasteiger partial charge in [-0.05, 0) is 95.1 Å². The quantitative estimate of drug-likeness (QED) is 0.268. The minimum atomic E-state index is 0.205. The van der Waals surface area contributed by atoms with Gasteiger partial charge in [-0.1, -0.05) is 36.4 Å². The molecule has 6 rings (SSSR count). The lowest BCUT2D eigenvalue weighted by atomic mass is 10.00. The highest BCUT2D eigenvalue weighted by Gasteiger charge is 2.14. The molecule has 0 bridgehead atoms. The molecular weight excluding hydrogens is 472 g/mol. The molecule has 0 unspecified atom stereocenters. The van der Waals surface area contributed by atoms with Crippen LogP contribution in [-0.2, 0) is 0 Å². The lowest BCUT2D eigenvalue weighted by Crippen LogP contribution is -1.97. The number of nitrogens with zero attached hydrogens (tertiary/aromatic N) is 4. The third-order valence-corrected chi connectivity index (χ3v) is 6.17. The summed E-state index contributed by atoms with van der Waals surface area (Å²) in [7, 11) is 0. The van der Waals surface area contributed by atoms with Gasteiger partial charge in [0.1, 0.15) is 11.5 Å². The smallest absolute Gasteiger partial charge is 0.115 e. The highest BCUT2D eigenvalue weighted by atomic mass is 16.3. The molecule has 0 aliphatic rings. The van der Waals surface area contributed by atoms with Crippen molar-refractivity contribution >= 4 is 0 Å². The molecule has 0 saturated carbocycles. The summed E-state index contributed by atoms with van der Waals surface area (Å²) in [6.07, 6.45) is 3.49. The van der Waals surface area contributed by atoms with E-state index in [-0.39, 0.29) is 11.5 Å². The molecule has 0 radical (unpaired) electrons. The molecule has 0 aliphatic heterocycles. The van der Waals surface area contributed by atoms with Crippen molar-refractivity contribution in [1.29, 1.82) is 0 Å². The Morgan fingerprint density at radius 1 is 0.368 bits per heavy atom. The van der Waals surface area contributed by atoms with Crippen molar-refractivity contribution in [3.8, 4) is 67.9 Å². The molecule has 38 heavy (non-hydrogen) atoms. The number of hydrogen-bond acceptors (Lipinski definition) is 6. The van der Waals surface area contributed by atoms with E-state index in [9.17, 15) is 10.2 Å². The number of aromatic nitrogens is 4. The van der Waals surface area contributed by atoms with Crippen LogP contribution in [-0.4, -0.2) is 30.1 Å². The Labute approximate surface area is 219 Å². The molecule has 6 aromatic rings. The predicted octanol–water partition coefficient (Wildman–Crippen LogP) is 7.01. The summed E-state index contributed by atoms with van der Waals surface area (Å²) in [5, 5.41) is 19.6. The van der Waals surface area contributed by atoms with E-state index in [1.165, 1.54) is 0 Å². The van der Waals surface area contributed by atoms with Gasteiger partial charge >= 0.3 is 0 Å². The fourth-order valence-corrected chi connectivity index (χ4v) is 4.26. The molecule has 0 spiro atoms. The van der Waals surface area contributed by atoms with Gasteiger partial charge in [0, 0.05) is 12.4 Å². The molecule has 6 nitrogen and oxygen atoms in total. The van der Waals surface area contributed by atoms with Crippen molar-refractivity contribution in [3.63, 3.8) is 0 Å². The van der Waals surface area contributed by atoms with Crippen molar-refractivity contribution in [2.24, 2.45) is 0 Å². The summed E-state index contributed by atoms with van der Waals surface area (Å²) in [5.74, 6) is 0.410. The number of aromatic hydroxyl groups is 2. The van der Waals surface area contributed by atoms with E-state index < -0.39 is 0 Å². The van der Waals surface area contributed by atoms with Gasteiger partial charge < -0.3 is 10.2 Å². The summed E-state index contributed by atoms with van der Waals surface area (Å²) >= 11 is 0. The molecule has 0 amide bonds. The Kier molecular flexibility index (Phi) is 6.04. The van der Waals surface area contributed by atoms with Gasteiger partial charge in [0.25, 0.3) is 0 Å². The molecule has 182 valence electrons. The topological polar surface area (TPSA) is 92.0 Å². The third kappa shape index (κ3) is 4.83. The summed E-state index contributed by atoms with van der Waals surface area (Å²) < 4.78 is 0. The van der Waals surface area contributed by atoms with Crippen LogP contribution < -0.4 is 0 Å². The first-order valence-corrected chi connectivity index (χ1v) is 12.1. The third-order valence-electron chi connectivity index (χ3n) is 6.17. The van der Waals surface area contributed by atoms with Crippen LogP contribution in [0.25, 0.3) is 56.4 Å².